The third-order valence-corrected chi connectivity index (χ3v) is 5.57. The van der Waals surface area contributed by atoms with Gasteiger partial charge < -0.3 is 4.74 Å². The lowest BCUT2D eigenvalue weighted by molar-refractivity contribution is -0.122. The number of carbonyl (C=O) groups is 3. The van der Waals surface area contributed by atoms with Gasteiger partial charge >= 0.3 is 5.97 Å². The molecule has 2 aliphatic rings. The maximum Gasteiger partial charge on any atom is 0.345 e. The highest BCUT2D eigenvalue weighted by molar-refractivity contribution is 6.33. The molecule has 0 unspecified atom stereocenters. The van der Waals surface area contributed by atoms with Crippen molar-refractivity contribution in [2.24, 2.45) is 11.8 Å². The second kappa shape index (κ2) is 7.16. The molecule has 2 amide bonds. The van der Waals surface area contributed by atoms with Gasteiger partial charge in [-0.1, -0.05) is 36.6 Å². The molecular formula is C21H18ClNO4. The zero-order chi connectivity index (χ0) is 19.0. The zero-order valence-corrected chi connectivity index (χ0v) is 15.3. The van der Waals surface area contributed by atoms with E-state index in [-0.39, 0.29) is 29.2 Å². The molecule has 5 nitrogen and oxygen atoms in total. The molecule has 1 saturated heterocycles. The van der Waals surface area contributed by atoms with Gasteiger partial charge in [0.1, 0.15) is 5.75 Å². The van der Waals surface area contributed by atoms with Gasteiger partial charge in [-0.25, -0.2) is 4.79 Å². The summed E-state index contributed by atoms with van der Waals surface area (Å²) in [6, 6.07) is 13.0. The lowest BCUT2D eigenvalue weighted by Gasteiger charge is -2.19. The smallest absolute Gasteiger partial charge is 0.345 e. The molecule has 138 valence electrons. The number of fused-ring (bicyclic) bond motifs is 1. The molecule has 2 aromatic carbocycles. The Balaban J connectivity index is 1.51. The largest absolute Gasteiger partial charge is 0.423 e. The van der Waals surface area contributed by atoms with Crippen LogP contribution in [0.25, 0.3) is 0 Å². The summed E-state index contributed by atoms with van der Waals surface area (Å²) in [4.78, 5) is 38.8. The molecule has 27 heavy (non-hydrogen) atoms. The standard InChI is InChI=1S/C21H18ClNO4/c22-18-8-4-3-7-17(18)21(26)27-14-11-9-13(10-12-14)23-19(24)15-5-1-2-6-16(15)20(23)25/h3-4,7-12,15-16H,1-2,5-6H2/t15-,16-/m1/s1. The van der Waals surface area contributed by atoms with E-state index < -0.39 is 5.97 Å². The number of carbonyl (C=O) groups excluding carboxylic acids is 3. The number of benzene rings is 2. The highest BCUT2D eigenvalue weighted by Gasteiger charge is 2.48. The van der Waals surface area contributed by atoms with Crippen molar-refractivity contribution in [3.8, 4) is 5.75 Å². The van der Waals surface area contributed by atoms with E-state index in [4.69, 9.17) is 16.3 Å². The Morgan fingerprint density at radius 3 is 2.11 bits per heavy atom. The first-order chi connectivity index (χ1) is 13.1. The summed E-state index contributed by atoms with van der Waals surface area (Å²) in [5.41, 5.74) is 0.786. The van der Waals surface area contributed by atoms with Crippen LogP contribution in [0, 0.1) is 11.8 Å². The average molecular weight is 384 g/mol. The van der Waals surface area contributed by atoms with E-state index in [0.29, 0.717) is 16.5 Å². The highest BCUT2D eigenvalue weighted by atomic mass is 35.5. The Bertz CT molecular complexity index is 885. The number of nitrogens with zero attached hydrogens (tertiary/aromatic N) is 1. The van der Waals surface area contributed by atoms with Gasteiger partial charge in [0, 0.05) is 0 Å². The number of ether oxygens (including phenoxy) is 1. The number of esters is 1. The predicted molar refractivity (Wildman–Crippen MR) is 101 cm³/mol. The number of imide groups is 1. The Morgan fingerprint density at radius 2 is 1.52 bits per heavy atom. The van der Waals surface area contributed by atoms with Crippen molar-refractivity contribution < 1.29 is 19.1 Å². The summed E-state index contributed by atoms with van der Waals surface area (Å²) < 4.78 is 5.34. The first kappa shape index (κ1) is 17.7. The summed E-state index contributed by atoms with van der Waals surface area (Å²) >= 11 is 6.01. The summed E-state index contributed by atoms with van der Waals surface area (Å²) in [6.45, 7) is 0. The van der Waals surface area contributed by atoms with Crippen molar-refractivity contribution in [2.75, 3.05) is 4.90 Å². The molecule has 0 radical (unpaired) electrons. The molecular weight excluding hydrogens is 366 g/mol. The lowest BCUT2D eigenvalue weighted by atomic mass is 9.81. The third kappa shape index (κ3) is 3.23. The number of hydrogen-bond donors (Lipinski definition) is 0. The summed E-state index contributed by atoms with van der Waals surface area (Å²) in [5.74, 6) is -0.864. The first-order valence-electron chi connectivity index (χ1n) is 9.01. The van der Waals surface area contributed by atoms with Crippen molar-refractivity contribution in [1.29, 1.82) is 0 Å². The maximum atomic E-state index is 12.6. The van der Waals surface area contributed by atoms with Gasteiger partial charge in [-0.15, -0.1) is 0 Å². The summed E-state index contributed by atoms with van der Waals surface area (Å²) in [6.07, 6.45) is 3.54. The van der Waals surface area contributed by atoms with Gasteiger partial charge in [-0.05, 0) is 49.2 Å². The monoisotopic (exact) mass is 383 g/mol. The van der Waals surface area contributed by atoms with Crippen molar-refractivity contribution in [3.63, 3.8) is 0 Å². The molecule has 6 heteroatoms. The molecule has 0 spiro atoms. The van der Waals surface area contributed by atoms with Crippen LogP contribution in [0.3, 0.4) is 0 Å². The van der Waals surface area contributed by atoms with Crippen molar-refractivity contribution in [3.05, 3.63) is 59.1 Å². The Hall–Kier alpha value is -2.66. The molecule has 1 aliphatic heterocycles. The lowest BCUT2D eigenvalue weighted by Crippen LogP contribution is -2.30. The number of hydrogen-bond acceptors (Lipinski definition) is 4. The van der Waals surface area contributed by atoms with Crippen molar-refractivity contribution in [1.82, 2.24) is 0 Å². The van der Waals surface area contributed by atoms with Gasteiger partial charge in [0.15, 0.2) is 0 Å². The van der Waals surface area contributed by atoms with Gasteiger partial charge in [-0.2, -0.15) is 0 Å². The minimum atomic E-state index is -0.562. The van der Waals surface area contributed by atoms with Crippen molar-refractivity contribution >= 4 is 35.1 Å². The highest BCUT2D eigenvalue weighted by Crippen LogP contribution is 2.40. The van der Waals surface area contributed by atoms with E-state index in [1.807, 2.05) is 0 Å². The molecule has 1 saturated carbocycles. The number of anilines is 1. The first-order valence-corrected chi connectivity index (χ1v) is 9.38. The second-order valence-electron chi connectivity index (χ2n) is 6.87. The van der Waals surface area contributed by atoms with E-state index >= 15 is 0 Å². The van der Waals surface area contributed by atoms with E-state index in [9.17, 15) is 14.4 Å². The maximum absolute atomic E-state index is 12.6. The Morgan fingerprint density at radius 1 is 0.926 bits per heavy atom. The van der Waals surface area contributed by atoms with Crippen LogP contribution >= 0.6 is 11.6 Å². The van der Waals surface area contributed by atoms with Gasteiger partial charge in [-0.3, -0.25) is 14.5 Å². The van der Waals surface area contributed by atoms with E-state index in [2.05, 4.69) is 0 Å². The SMILES string of the molecule is O=C(Oc1ccc(N2C(=O)[C@@H]3CCCC[C@H]3C2=O)cc1)c1ccccc1Cl. The normalized spacial score (nSPS) is 21.9. The molecule has 2 atom stereocenters. The molecule has 1 aliphatic carbocycles. The fraction of sp³-hybridized carbons (Fsp3) is 0.286. The van der Waals surface area contributed by atoms with Crippen LogP contribution in [-0.2, 0) is 9.59 Å². The minimum absolute atomic E-state index is 0.120. The molecule has 4 rings (SSSR count). The molecule has 1 heterocycles. The summed E-state index contributed by atoms with van der Waals surface area (Å²) in [7, 11) is 0. The van der Waals surface area contributed by atoms with Crippen LogP contribution in [0.4, 0.5) is 5.69 Å². The van der Waals surface area contributed by atoms with Crippen LogP contribution in [0.2, 0.25) is 5.02 Å². The van der Waals surface area contributed by atoms with Crippen molar-refractivity contribution in [2.45, 2.75) is 25.7 Å². The van der Waals surface area contributed by atoms with E-state index in [1.54, 1.807) is 48.5 Å². The van der Waals surface area contributed by atoms with Gasteiger partial charge in [0.25, 0.3) is 0 Å². The van der Waals surface area contributed by atoms with Crippen LogP contribution < -0.4 is 9.64 Å². The third-order valence-electron chi connectivity index (χ3n) is 5.24. The number of rotatable bonds is 3. The van der Waals surface area contributed by atoms with Gasteiger partial charge in [0.05, 0.1) is 28.1 Å². The fourth-order valence-electron chi connectivity index (χ4n) is 3.87. The number of amides is 2. The zero-order valence-electron chi connectivity index (χ0n) is 14.6. The molecule has 2 fully saturated rings. The topological polar surface area (TPSA) is 63.7 Å². The quantitative estimate of drug-likeness (QED) is 0.452. The fourth-order valence-corrected chi connectivity index (χ4v) is 4.08. The van der Waals surface area contributed by atoms with Crippen LogP contribution in [0.1, 0.15) is 36.0 Å². The van der Waals surface area contributed by atoms with Crippen LogP contribution in [0.15, 0.2) is 48.5 Å². The summed E-state index contributed by atoms with van der Waals surface area (Å²) in [5, 5.41) is 0.315. The minimum Gasteiger partial charge on any atom is -0.423 e. The van der Waals surface area contributed by atoms with Gasteiger partial charge in [0.2, 0.25) is 11.8 Å². The average Bonchev–Trinajstić information content (AvgIpc) is 2.94. The molecule has 0 bridgehead atoms. The van der Waals surface area contributed by atoms with E-state index in [1.165, 1.54) is 4.90 Å². The second-order valence-corrected chi connectivity index (χ2v) is 7.28. The van der Waals surface area contributed by atoms with Crippen LogP contribution in [-0.4, -0.2) is 17.8 Å². The van der Waals surface area contributed by atoms with E-state index in [0.717, 1.165) is 25.7 Å². The Labute approximate surface area is 161 Å². The Kier molecular flexibility index (Phi) is 4.70. The number of halogens is 1. The van der Waals surface area contributed by atoms with Crippen LogP contribution in [0.5, 0.6) is 5.75 Å². The molecule has 0 N–H and O–H groups in total. The predicted octanol–water partition coefficient (Wildman–Crippen LogP) is 4.24. The molecule has 2 aromatic rings. The molecule has 0 aromatic heterocycles.